The van der Waals surface area contributed by atoms with Gasteiger partial charge in [0.15, 0.2) is 6.10 Å². The van der Waals surface area contributed by atoms with Gasteiger partial charge in [-0.1, -0.05) is 85.4 Å². The maximum absolute atomic E-state index is 12.7. The number of ether oxygens (including phenoxy) is 2. The summed E-state index contributed by atoms with van der Waals surface area (Å²) < 4.78 is 10.5. The highest BCUT2D eigenvalue weighted by Gasteiger charge is 2.31. The van der Waals surface area contributed by atoms with Crippen LogP contribution in [0.5, 0.6) is 0 Å². The summed E-state index contributed by atoms with van der Waals surface area (Å²) in [6.45, 7) is 5.10. The number of carbonyl (C=O) groups is 3. The van der Waals surface area contributed by atoms with E-state index >= 15 is 0 Å². The van der Waals surface area contributed by atoms with Crippen molar-refractivity contribution in [2.24, 2.45) is 5.92 Å². The molecule has 2 rings (SSSR count). The number of rotatable bonds is 9. The van der Waals surface area contributed by atoms with Crippen LogP contribution in [0, 0.1) is 5.92 Å². The number of alkyl carbamates (subject to hydrolysis) is 1. The molecular weight excluding hydrogens is 491 g/mol. The SMILES string of the molecule is CC[C@H](C)[C@H](NC(=O)OCc1ccccc1)C(=O)O[C@@H](C)C(=O)Nc1cc(Cl)c(Cl)cc1Cl. The number of halogens is 3. The lowest BCUT2D eigenvalue weighted by molar-refractivity contribution is -0.156. The fourth-order valence-corrected chi connectivity index (χ4v) is 3.31. The quantitative estimate of drug-likeness (QED) is 0.322. The summed E-state index contributed by atoms with van der Waals surface area (Å²) in [5, 5.41) is 5.69. The molecule has 2 amide bonds. The highest BCUT2D eigenvalue weighted by Crippen LogP contribution is 2.32. The maximum atomic E-state index is 12.7. The minimum atomic E-state index is -1.17. The van der Waals surface area contributed by atoms with E-state index in [-0.39, 0.29) is 33.3 Å². The molecule has 2 aromatic carbocycles. The highest BCUT2D eigenvalue weighted by atomic mass is 35.5. The van der Waals surface area contributed by atoms with Gasteiger partial charge in [0.1, 0.15) is 12.6 Å². The second-order valence-corrected chi connectivity index (χ2v) is 8.61. The third kappa shape index (κ3) is 8.11. The lowest BCUT2D eigenvalue weighted by Crippen LogP contribution is -2.47. The van der Waals surface area contributed by atoms with Crippen molar-refractivity contribution in [2.75, 3.05) is 5.32 Å². The van der Waals surface area contributed by atoms with Gasteiger partial charge in [-0.2, -0.15) is 0 Å². The number of esters is 1. The molecule has 7 nitrogen and oxygen atoms in total. The third-order valence-corrected chi connectivity index (χ3v) is 5.92. The second kappa shape index (κ2) is 12.7. The summed E-state index contributed by atoms with van der Waals surface area (Å²) in [5.74, 6) is -1.65. The van der Waals surface area contributed by atoms with Gasteiger partial charge in [-0.25, -0.2) is 9.59 Å². The normalized spacial score (nSPS) is 13.4. The number of carbonyl (C=O) groups excluding carboxylic acids is 3. The van der Waals surface area contributed by atoms with E-state index in [1.807, 2.05) is 37.3 Å². The van der Waals surface area contributed by atoms with E-state index in [1.165, 1.54) is 19.1 Å². The predicted molar refractivity (Wildman–Crippen MR) is 129 cm³/mol. The van der Waals surface area contributed by atoms with Crippen LogP contribution in [0.3, 0.4) is 0 Å². The van der Waals surface area contributed by atoms with Crippen LogP contribution < -0.4 is 10.6 Å². The van der Waals surface area contributed by atoms with Gasteiger partial charge in [-0.05, 0) is 30.5 Å². The molecule has 0 bridgehead atoms. The smallest absolute Gasteiger partial charge is 0.408 e. The van der Waals surface area contributed by atoms with Gasteiger partial charge >= 0.3 is 12.1 Å². The lowest BCUT2D eigenvalue weighted by atomic mass is 9.99. The van der Waals surface area contributed by atoms with E-state index in [9.17, 15) is 14.4 Å². The average Bonchev–Trinajstić information content (AvgIpc) is 2.79. The van der Waals surface area contributed by atoms with Crippen molar-refractivity contribution < 1.29 is 23.9 Å². The van der Waals surface area contributed by atoms with Crippen LogP contribution in [-0.4, -0.2) is 30.1 Å². The predicted octanol–water partition coefficient (Wildman–Crippen LogP) is 5.86. The van der Waals surface area contributed by atoms with Crippen molar-refractivity contribution in [2.45, 2.75) is 45.9 Å². The topological polar surface area (TPSA) is 93.7 Å². The molecule has 0 heterocycles. The van der Waals surface area contributed by atoms with Crippen molar-refractivity contribution >= 4 is 58.5 Å². The number of anilines is 1. The summed E-state index contributed by atoms with van der Waals surface area (Å²) in [5.41, 5.74) is 1.03. The first kappa shape index (κ1) is 26.8. The Morgan fingerprint density at radius 1 is 0.970 bits per heavy atom. The van der Waals surface area contributed by atoms with Crippen molar-refractivity contribution in [3.63, 3.8) is 0 Å². The first-order chi connectivity index (χ1) is 15.6. The number of benzene rings is 2. The molecule has 0 saturated carbocycles. The van der Waals surface area contributed by atoms with Gasteiger partial charge in [0.05, 0.1) is 20.8 Å². The Morgan fingerprint density at radius 3 is 2.24 bits per heavy atom. The minimum Gasteiger partial charge on any atom is -0.451 e. The molecule has 0 spiro atoms. The van der Waals surface area contributed by atoms with Crippen LogP contribution in [0.1, 0.15) is 32.8 Å². The van der Waals surface area contributed by atoms with E-state index in [1.54, 1.807) is 6.92 Å². The average molecular weight is 516 g/mol. The van der Waals surface area contributed by atoms with Crippen LogP contribution in [0.25, 0.3) is 0 Å². The van der Waals surface area contributed by atoms with E-state index in [0.29, 0.717) is 6.42 Å². The molecule has 3 atom stereocenters. The standard InChI is InChI=1S/C23H25Cl3N2O5/c1-4-13(2)20(28-23(31)32-12-15-8-6-5-7-9-15)22(30)33-14(3)21(29)27-19-11-17(25)16(24)10-18(19)26/h5-11,13-14,20H,4,12H2,1-3H3,(H,27,29)(H,28,31)/t13-,14-,20-/m0/s1. The molecule has 33 heavy (non-hydrogen) atoms. The summed E-state index contributed by atoms with van der Waals surface area (Å²) in [6, 6.07) is 10.9. The molecule has 0 aliphatic carbocycles. The van der Waals surface area contributed by atoms with E-state index in [2.05, 4.69) is 10.6 Å². The van der Waals surface area contributed by atoms with Gasteiger partial charge in [0.25, 0.3) is 5.91 Å². The molecular formula is C23H25Cl3N2O5. The Hall–Kier alpha value is -2.48. The third-order valence-electron chi connectivity index (χ3n) is 4.88. The molecule has 0 unspecified atom stereocenters. The zero-order valence-electron chi connectivity index (χ0n) is 18.4. The zero-order valence-corrected chi connectivity index (χ0v) is 20.6. The number of amides is 2. The molecule has 0 aliphatic heterocycles. The van der Waals surface area contributed by atoms with Gasteiger partial charge in [0.2, 0.25) is 0 Å². The zero-order chi connectivity index (χ0) is 24.5. The van der Waals surface area contributed by atoms with Crippen LogP contribution in [0.4, 0.5) is 10.5 Å². The summed E-state index contributed by atoms with van der Waals surface area (Å²) >= 11 is 17.9. The molecule has 2 aromatic rings. The van der Waals surface area contributed by atoms with Crippen molar-refractivity contribution in [3.8, 4) is 0 Å². The van der Waals surface area contributed by atoms with Crippen LogP contribution in [-0.2, 0) is 25.7 Å². The van der Waals surface area contributed by atoms with Crippen molar-refractivity contribution in [3.05, 3.63) is 63.1 Å². The fourth-order valence-electron chi connectivity index (χ4n) is 2.71. The summed E-state index contributed by atoms with van der Waals surface area (Å²) in [7, 11) is 0. The molecule has 0 fully saturated rings. The Morgan fingerprint density at radius 2 is 1.61 bits per heavy atom. The summed E-state index contributed by atoms with van der Waals surface area (Å²) in [4.78, 5) is 37.5. The Bertz CT molecular complexity index is 988. The monoisotopic (exact) mass is 514 g/mol. The first-order valence-electron chi connectivity index (χ1n) is 10.3. The van der Waals surface area contributed by atoms with Gasteiger partial charge in [-0.15, -0.1) is 0 Å². The molecule has 178 valence electrons. The molecule has 10 heteroatoms. The van der Waals surface area contributed by atoms with Crippen LogP contribution >= 0.6 is 34.8 Å². The van der Waals surface area contributed by atoms with Crippen LogP contribution in [0.15, 0.2) is 42.5 Å². The minimum absolute atomic E-state index is 0.0537. The van der Waals surface area contributed by atoms with E-state index < -0.39 is 30.1 Å². The largest absolute Gasteiger partial charge is 0.451 e. The van der Waals surface area contributed by atoms with Crippen molar-refractivity contribution in [1.29, 1.82) is 0 Å². The second-order valence-electron chi connectivity index (χ2n) is 7.38. The molecule has 0 radical (unpaired) electrons. The Balaban J connectivity index is 1.98. The molecule has 0 aromatic heterocycles. The number of hydrogen-bond donors (Lipinski definition) is 2. The Labute approximate surface area is 207 Å². The van der Waals surface area contributed by atoms with E-state index in [0.717, 1.165) is 5.56 Å². The fraction of sp³-hybridized carbons (Fsp3) is 0.348. The maximum Gasteiger partial charge on any atom is 0.408 e. The number of hydrogen-bond acceptors (Lipinski definition) is 5. The van der Waals surface area contributed by atoms with Gasteiger partial charge in [-0.3, -0.25) is 4.79 Å². The molecule has 0 aliphatic rings. The Kier molecular flexibility index (Phi) is 10.3. The molecule has 2 N–H and O–H groups in total. The molecule has 0 saturated heterocycles. The van der Waals surface area contributed by atoms with Gasteiger partial charge in [0, 0.05) is 0 Å². The van der Waals surface area contributed by atoms with Crippen LogP contribution in [0.2, 0.25) is 15.1 Å². The van der Waals surface area contributed by atoms with Gasteiger partial charge < -0.3 is 20.1 Å². The summed E-state index contributed by atoms with van der Waals surface area (Å²) in [6.07, 6.45) is -1.35. The lowest BCUT2D eigenvalue weighted by Gasteiger charge is -2.24. The number of nitrogens with one attached hydrogen (secondary N) is 2. The van der Waals surface area contributed by atoms with Crippen molar-refractivity contribution in [1.82, 2.24) is 5.32 Å². The first-order valence-corrected chi connectivity index (χ1v) is 11.4. The highest BCUT2D eigenvalue weighted by molar-refractivity contribution is 6.44. The van der Waals surface area contributed by atoms with E-state index in [4.69, 9.17) is 44.3 Å².